The number of aromatic nitrogens is 4. The molecule has 0 amide bonds. The van der Waals surface area contributed by atoms with Crippen molar-refractivity contribution >= 4 is 9.84 Å². The number of sulfone groups is 1. The van der Waals surface area contributed by atoms with E-state index < -0.39 is 38.2 Å². The zero-order valence-corrected chi connectivity index (χ0v) is 11.9. The van der Waals surface area contributed by atoms with Gasteiger partial charge in [0.2, 0.25) is 15.0 Å². The summed E-state index contributed by atoms with van der Waals surface area (Å²) in [4.78, 5) is 7.27. The molecule has 21 heavy (non-hydrogen) atoms. The maximum atomic E-state index is 12.9. The van der Waals surface area contributed by atoms with Crippen molar-refractivity contribution in [3.05, 3.63) is 35.4 Å². The van der Waals surface area contributed by atoms with Crippen molar-refractivity contribution in [1.82, 2.24) is 19.7 Å². The first-order valence-electron chi connectivity index (χ1n) is 5.71. The lowest BCUT2D eigenvalue weighted by molar-refractivity contribution is -0.144. The molecule has 114 valence electrons. The molecule has 2 aromatic heterocycles. The third-order valence-electron chi connectivity index (χ3n) is 2.66. The maximum absolute atomic E-state index is 12.9. The number of alkyl halides is 3. The molecule has 0 radical (unpaired) electrons. The fraction of sp³-hybridized carbons (Fsp3) is 0.364. The van der Waals surface area contributed by atoms with Crippen LogP contribution in [0.5, 0.6) is 0 Å². The SMILES string of the molecule is Cc1cnc(S(=O)(=O)Cc2cnn(C)c2C(F)(F)F)nc1. The Morgan fingerprint density at radius 3 is 2.29 bits per heavy atom. The van der Waals surface area contributed by atoms with Gasteiger partial charge in [-0.05, 0) is 12.5 Å². The van der Waals surface area contributed by atoms with E-state index in [-0.39, 0.29) is 0 Å². The molecule has 6 nitrogen and oxygen atoms in total. The lowest BCUT2D eigenvalue weighted by Crippen LogP contribution is -2.17. The van der Waals surface area contributed by atoms with Gasteiger partial charge in [-0.1, -0.05) is 0 Å². The van der Waals surface area contributed by atoms with Crippen molar-refractivity contribution in [2.75, 3.05) is 0 Å². The minimum absolute atomic E-state index is 0.436. The summed E-state index contributed by atoms with van der Waals surface area (Å²) < 4.78 is 63.4. The molecule has 2 aromatic rings. The average molecular weight is 320 g/mol. The number of nitrogens with zero attached hydrogens (tertiary/aromatic N) is 4. The smallest absolute Gasteiger partial charge is 0.263 e. The molecule has 0 atom stereocenters. The highest BCUT2D eigenvalue weighted by Crippen LogP contribution is 2.32. The predicted molar refractivity (Wildman–Crippen MR) is 65.9 cm³/mol. The largest absolute Gasteiger partial charge is 0.433 e. The Kier molecular flexibility index (Phi) is 3.74. The summed E-state index contributed by atoms with van der Waals surface area (Å²) in [6.07, 6.45) is -1.24. The van der Waals surface area contributed by atoms with E-state index in [1.165, 1.54) is 12.4 Å². The molecule has 0 aliphatic rings. The van der Waals surface area contributed by atoms with Crippen molar-refractivity contribution < 1.29 is 21.6 Å². The molecule has 0 unspecified atom stereocenters. The van der Waals surface area contributed by atoms with Gasteiger partial charge in [-0.25, -0.2) is 18.4 Å². The van der Waals surface area contributed by atoms with Crippen LogP contribution in [0.3, 0.4) is 0 Å². The third-order valence-corrected chi connectivity index (χ3v) is 4.12. The summed E-state index contributed by atoms with van der Waals surface area (Å²) in [5.41, 5.74) is -0.890. The first kappa shape index (κ1) is 15.4. The Morgan fingerprint density at radius 1 is 1.19 bits per heavy atom. The number of halogens is 3. The summed E-state index contributed by atoms with van der Waals surface area (Å²) >= 11 is 0. The normalized spacial score (nSPS) is 12.6. The second kappa shape index (κ2) is 5.10. The summed E-state index contributed by atoms with van der Waals surface area (Å²) in [5, 5.41) is 2.96. The van der Waals surface area contributed by atoms with Crippen LogP contribution < -0.4 is 0 Å². The van der Waals surface area contributed by atoms with Gasteiger partial charge in [0, 0.05) is 25.0 Å². The van der Waals surface area contributed by atoms with Gasteiger partial charge >= 0.3 is 6.18 Å². The highest BCUT2D eigenvalue weighted by Gasteiger charge is 2.38. The van der Waals surface area contributed by atoms with Gasteiger partial charge in [-0.3, -0.25) is 4.68 Å². The number of hydrogen-bond donors (Lipinski definition) is 0. The Hall–Kier alpha value is -1.97. The molecule has 0 saturated carbocycles. The zero-order valence-electron chi connectivity index (χ0n) is 11.1. The monoisotopic (exact) mass is 320 g/mol. The van der Waals surface area contributed by atoms with Gasteiger partial charge in [-0.2, -0.15) is 18.3 Å². The maximum Gasteiger partial charge on any atom is 0.433 e. The van der Waals surface area contributed by atoms with Crippen molar-refractivity contribution in [2.24, 2.45) is 7.05 Å². The molecule has 0 bridgehead atoms. The highest BCUT2D eigenvalue weighted by molar-refractivity contribution is 7.90. The lowest BCUT2D eigenvalue weighted by Gasteiger charge is -2.09. The number of hydrogen-bond acceptors (Lipinski definition) is 5. The molecule has 0 aromatic carbocycles. The minimum atomic E-state index is -4.69. The summed E-state index contributed by atoms with van der Waals surface area (Å²) in [6.45, 7) is 1.67. The summed E-state index contributed by atoms with van der Waals surface area (Å²) in [5.74, 6) is -0.862. The van der Waals surface area contributed by atoms with Crippen molar-refractivity contribution in [3.8, 4) is 0 Å². The Balaban J connectivity index is 2.40. The fourth-order valence-corrected chi connectivity index (χ4v) is 2.94. The van der Waals surface area contributed by atoms with E-state index in [0.29, 0.717) is 10.2 Å². The Morgan fingerprint density at radius 2 is 1.76 bits per heavy atom. The first-order chi connectivity index (χ1) is 9.61. The molecule has 2 rings (SSSR count). The van der Waals surface area contributed by atoms with Gasteiger partial charge in [0.25, 0.3) is 0 Å². The second-order valence-electron chi connectivity index (χ2n) is 4.44. The van der Waals surface area contributed by atoms with Gasteiger partial charge in [0.1, 0.15) is 5.69 Å². The molecule has 0 fully saturated rings. The van der Waals surface area contributed by atoms with Crippen LogP contribution in [-0.4, -0.2) is 28.2 Å². The van der Waals surface area contributed by atoms with Crippen LogP contribution in [0.4, 0.5) is 13.2 Å². The second-order valence-corrected chi connectivity index (χ2v) is 6.33. The number of rotatable bonds is 3. The topological polar surface area (TPSA) is 77.7 Å². The quantitative estimate of drug-likeness (QED) is 0.801. The lowest BCUT2D eigenvalue weighted by atomic mass is 10.3. The average Bonchev–Trinajstić information content (AvgIpc) is 2.69. The Labute approximate surface area is 118 Å². The van der Waals surface area contributed by atoms with Crippen LogP contribution in [0.1, 0.15) is 16.8 Å². The van der Waals surface area contributed by atoms with E-state index in [0.717, 1.165) is 13.2 Å². The standard InChI is InChI=1S/C11H11F3N4O2S/c1-7-3-15-10(16-4-7)21(19,20)6-8-5-17-18(2)9(8)11(12,13)14/h3-5H,6H2,1-2H3. The molecule has 0 saturated heterocycles. The molecular formula is C11H11F3N4O2S. The van der Waals surface area contributed by atoms with Crippen molar-refractivity contribution in [3.63, 3.8) is 0 Å². The van der Waals surface area contributed by atoms with Crippen LogP contribution >= 0.6 is 0 Å². The third kappa shape index (κ3) is 3.20. The van der Waals surface area contributed by atoms with E-state index in [4.69, 9.17) is 0 Å². The molecule has 0 aliphatic carbocycles. The summed E-state index contributed by atoms with van der Waals surface area (Å²) in [6, 6.07) is 0. The van der Waals surface area contributed by atoms with E-state index in [1.807, 2.05) is 0 Å². The van der Waals surface area contributed by atoms with Gasteiger partial charge in [0.05, 0.1) is 11.9 Å². The van der Waals surface area contributed by atoms with Crippen molar-refractivity contribution in [2.45, 2.75) is 24.0 Å². The van der Waals surface area contributed by atoms with Crippen LogP contribution in [0.2, 0.25) is 0 Å². The van der Waals surface area contributed by atoms with Crippen LogP contribution in [0, 0.1) is 6.92 Å². The van der Waals surface area contributed by atoms with Crippen molar-refractivity contribution in [1.29, 1.82) is 0 Å². The van der Waals surface area contributed by atoms with Gasteiger partial charge in [0.15, 0.2) is 0 Å². The Bertz CT molecular complexity index is 751. The van der Waals surface area contributed by atoms with Crippen LogP contribution in [-0.2, 0) is 28.8 Å². The van der Waals surface area contributed by atoms with E-state index in [9.17, 15) is 21.6 Å². The van der Waals surface area contributed by atoms with Crippen LogP contribution in [0.15, 0.2) is 23.7 Å². The fourth-order valence-electron chi connectivity index (χ4n) is 1.76. The zero-order chi connectivity index (χ0) is 15.8. The number of aryl methyl sites for hydroxylation is 2. The van der Waals surface area contributed by atoms with E-state index in [1.54, 1.807) is 6.92 Å². The van der Waals surface area contributed by atoms with Gasteiger partial charge < -0.3 is 0 Å². The highest BCUT2D eigenvalue weighted by atomic mass is 32.2. The molecular weight excluding hydrogens is 309 g/mol. The molecule has 0 aliphatic heterocycles. The summed E-state index contributed by atoms with van der Waals surface area (Å²) in [7, 11) is -2.98. The molecule has 2 heterocycles. The van der Waals surface area contributed by atoms with E-state index in [2.05, 4.69) is 15.1 Å². The molecule has 0 spiro atoms. The molecule has 10 heteroatoms. The minimum Gasteiger partial charge on any atom is -0.263 e. The molecule has 0 N–H and O–H groups in total. The first-order valence-corrected chi connectivity index (χ1v) is 7.36. The van der Waals surface area contributed by atoms with E-state index >= 15 is 0 Å². The predicted octanol–water partition coefficient (Wildman–Crippen LogP) is 1.51. The van der Waals surface area contributed by atoms with Crippen LogP contribution in [0.25, 0.3) is 0 Å². The van der Waals surface area contributed by atoms with Gasteiger partial charge in [-0.15, -0.1) is 0 Å².